The number of rotatable bonds is 7. The lowest BCUT2D eigenvalue weighted by Crippen LogP contribution is -2.55. The van der Waals surface area contributed by atoms with Gasteiger partial charge in [0.1, 0.15) is 29.5 Å². The number of hydrogen-bond acceptors (Lipinski definition) is 7. The monoisotopic (exact) mass is 501 g/mol. The third-order valence-corrected chi connectivity index (χ3v) is 7.09. The van der Waals surface area contributed by atoms with Crippen LogP contribution < -0.4 is 14.4 Å². The van der Waals surface area contributed by atoms with E-state index in [2.05, 4.69) is 4.90 Å². The van der Waals surface area contributed by atoms with Crippen molar-refractivity contribution in [3.05, 3.63) is 54.3 Å². The van der Waals surface area contributed by atoms with Crippen LogP contribution in [-0.4, -0.2) is 96.7 Å². The van der Waals surface area contributed by atoms with Gasteiger partial charge in [-0.05, 0) is 49.2 Å². The van der Waals surface area contributed by atoms with Gasteiger partial charge in [0, 0.05) is 57.9 Å². The number of hydrogen-bond donors (Lipinski definition) is 2. The zero-order chi connectivity index (χ0) is 25.8. The van der Waals surface area contributed by atoms with E-state index in [1.165, 1.54) is 19.1 Å². The van der Waals surface area contributed by atoms with E-state index in [9.17, 15) is 19.4 Å². The molecule has 1 atom stereocenters. The van der Waals surface area contributed by atoms with Crippen LogP contribution in [0, 0.1) is 5.82 Å². The van der Waals surface area contributed by atoms with Crippen LogP contribution in [0.15, 0.2) is 48.5 Å². The highest BCUT2D eigenvalue weighted by Gasteiger charge is 2.41. The molecule has 0 saturated carbocycles. The first-order valence-corrected chi connectivity index (χ1v) is 12.4. The molecule has 9 heteroatoms. The van der Waals surface area contributed by atoms with E-state index in [-0.39, 0.29) is 25.6 Å². The van der Waals surface area contributed by atoms with Gasteiger partial charge in [0.2, 0.25) is 5.91 Å². The predicted molar refractivity (Wildman–Crippen MR) is 135 cm³/mol. The number of benzene rings is 2. The molecule has 0 aliphatic carbocycles. The summed E-state index contributed by atoms with van der Waals surface area (Å²) in [6.45, 7) is 4.52. The molecule has 2 aliphatic rings. The van der Waals surface area contributed by atoms with Gasteiger partial charge >= 0.3 is 0 Å². The summed E-state index contributed by atoms with van der Waals surface area (Å²) in [6.07, 6.45) is 1.17. The number of carbonyl (C=O) groups is 1. The topological polar surface area (TPSA) is 85.7 Å². The van der Waals surface area contributed by atoms with Crippen molar-refractivity contribution < 1.29 is 28.9 Å². The molecule has 0 aromatic heterocycles. The van der Waals surface area contributed by atoms with Gasteiger partial charge in [0.25, 0.3) is 0 Å². The molecule has 2 saturated heterocycles. The SMILES string of the molecule is COc1ccc(N2CCC(O)(CN3CCN(C(C)=O)CC(O)(COc4cccc(F)c4)C3)CC2)cc1. The van der Waals surface area contributed by atoms with Crippen LogP contribution in [0.3, 0.4) is 0 Å². The van der Waals surface area contributed by atoms with Gasteiger partial charge in [0.15, 0.2) is 0 Å². The zero-order valence-corrected chi connectivity index (χ0v) is 21.0. The van der Waals surface area contributed by atoms with Crippen LogP contribution in [0.4, 0.5) is 10.1 Å². The third kappa shape index (κ3) is 6.66. The van der Waals surface area contributed by atoms with Crippen molar-refractivity contribution in [3.8, 4) is 11.5 Å². The average Bonchev–Trinajstić information content (AvgIpc) is 3.02. The number of carbonyl (C=O) groups excluding carboxylic acids is 1. The maximum absolute atomic E-state index is 13.6. The third-order valence-electron chi connectivity index (χ3n) is 7.09. The first-order valence-electron chi connectivity index (χ1n) is 12.4. The Morgan fingerprint density at radius 3 is 2.33 bits per heavy atom. The smallest absolute Gasteiger partial charge is 0.219 e. The highest BCUT2D eigenvalue weighted by atomic mass is 19.1. The summed E-state index contributed by atoms with van der Waals surface area (Å²) in [7, 11) is 1.64. The molecule has 196 valence electrons. The van der Waals surface area contributed by atoms with Crippen LogP contribution in [0.1, 0.15) is 19.8 Å². The summed E-state index contributed by atoms with van der Waals surface area (Å²) in [5.41, 5.74) is -1.18. The lowest BCUT2D eigenvalue weighted by molar-refractivity contribution is -0.132. The van der Waals surface area contributed by atoms with Gasteiger partial charge < -0.3 is 29.5 Å². The lowest BCUT2D eigenvalue weighted by atomic mass is 9.90. The molecule has 2 aromatic carbocycles. The second-order valence-electron chi connectivity index (χ2n) is 10.0. The van der Waals surface area contributed by atoms with E-state index in [0.29, 0.717) is 51.3 Å². The minimum absolute atomic E-state index is 0.0968. The van der Waals surface area contributed by atoms with E-state index in [0.717, 1.165) is 11.4 Å². The number of methoxy groups -OCH3 is 1. The first kappa shape index (κ1) is 26.2. The Hall–Kier alpha value is -2.88. The van der Waals surface area contributed by atoms with Crippen molar-refractivity contribution in [2.45, 2.75) is 31.0 Å². The molecular weight excluding hydrogens is 465 g/mol. The Kier molecular flexibility index (Phi) is 8.02. The highest BCUT2D eigenvalue weighted by molar-refractivity contribution is 5.73. The maximum atomic E-state index is 13.6. The van der Waals surface area contributed by atoms with E-state index >= 15 is 0 Å². The number of piperidine rings is 1. The summed E-state index contributed by atoms with van der Waals surface area (Å²) < 4.78 is 24.5. The second kappa shape index (κ2) is 11.0. The van der Waals surface area contributed by atoms with Crippen molar-refractivity contribution in [2.24, 2.45) is 0 Å². The van der Waals surface area contributed by atoms with Gasteiger partial charge in [-0.3, -0.25) is 9.69 Å². The molecule has 2 N–H and O–H groups in total. The Morgan fingerprint density at radius 1 is 0.972 bits per heavy atom. The van der Waals surface area contributed by atoms with Gasteiger partial charge in [-0.1, -0.05) is 6.07 Å². The van der Waals surface area contributed by atoms with Crippen molar-refractivity contribution in [2.75, 3.05) is 64.4 Å². The molecule has 2 fully saturated rings. The van der Waals surface area contributed by atoms with E-state index in [1.807, 2.05) is 29.2 Å². The van der Waals surface area contributed by atoms with E-state index in [1.54, 1.807) is 24.1 Å². The quantitative estimate of drug-likeness (QED) is 0.601. The first-order chi connectivity index (χ1) is 17.2. The fourth-order valence-corrected chi connectivity index (χ4v) is 5.06. The van der Waals surface area contributed by atoms with Crippen LogP contribution in [-0.2, 0) is 4.79 Å². The van der Waals surface area contributed by atoms with Crippen LogP contribution in [0.2, 0.25) is 0 Å². The zero-order valence-electron chi connectivity index (χ0n) is 21.0. The number of halogens is 1. The summed E-state index contributed by atoms with van der Waals surface area (Å²) in [6, 6.07) is 13.7. The van der Waals surface area contributed by atoms with Crippen molar-refractivity contribution in [3.63, 3.8) is 0 Å². The number of amides is 1. The summed E-state index contributed by atoms with van der Waals surface area (Å²) >= 11 is 0. The maximum Gasteiger partial charge on any atom is 0.219 e. The normalized spacial score (nSPS) is 22.7. The van der Waals surface area contributed by atoms with Gasteiger partial charge in [-0.25, -0.2) is 4.39 Å². The van der Waals surface area contributed by atoms with Gasteiger partial charge in [0.05, 0.1) is 19.3 Å². The predicted octanol–water partition coefficient (Wildman–Crippen LogP) is 2.14. The molecule has 4 rings (SSSR count). The molecule has 0 spiro atoms. The van der Waals surface area contributed by atoms with Crippen LogP contribution >= 0.6 is 0 Å². The molecule has 0 bridgehead atoms. The lowest BCUT2D eigenvalue weighted by Gasteiger charge is -2.42. The Bertz CT molecular complexity index is 1030. The average molecular weight is 502 g/mol. The van der Waals surface area contributed by atoms with Gasteiger partial charge in [-0.15, -0.1) is 0 Å². The van der Waals surface area contributed by atoms with E-state index in [4.69, 9.17) is 9.47 Å². The summed E-state index contributed by atoms with van der Waals surface area (Å²) in [5.74, 6) is 0.572. The van der Waals surface area contributed by atoms with Crippen molar-refractivity contribution in [1.82, 2.24) is 9.80 Å². The van der Waals surface area contributed by atoms with Crippen molar-refractivity contribution >= 4 is 11.6 Å². The second-order valence-corrected chi connectivity index (χ2v) is 10.0. The summed E-state index contributed by atoms with van der Waals surface area (Å²) in [5, 5.41) is 22.9. The molecule has 1 amide bonds. The fraction of sp³-hybridized carbons (Fsp3) is 0.519. The Labute approximate surface area is 211 Å². The Balaban J connectivity index is 1.39. The minimum atomic E-state index is -1.37. The number of ether oxygens (including phenoxy) is 2. The molecular formula is C27H36FN3O5. The summed E-state index contributed by atoms with van der Waals surface area (Å²) in [4.78, 5) is 18.0. The van der Waals surface area contributed by atoms with Crippen LogP contribution in [0.25, 0.3) is 0 Å². The molecule has 2 aromatic rings. The number of β-amino-alcohol motifs (C(OH)–C–C–N with tert-alkyl or cyclic N) is 2. The molecule has 8 nitrogen and oxygen atoms in total. The largest absolute Gasteiger partial charge is 0.497 e. The minimum Gasteiger partial charge on any atom is -0.497 e. The van der Waals surface area contributed by atoms with E-state index < -0.39 is 17.0 Å². The van der Waals surface area contributed by atoms with Gasteiger partial charge in [-0.2, -0.15) is 0 Å². The number of aliphatic hydroxyl groups is 2. The van der Waals surface area contributed by atoms with Crippen LogP contribution in [0.5, 0.6) is 11.5 Å². The van der Waals surface area contributed by atoms with Crippen molar-refractivity contribution in [1.29, 1.82) is 0 Å². The molecule has 0 radical (unpaired) electrons. The number of nitrogens with zero attached hydrogens (tertiary/aromatic N) is 3. The fourth-order valence-electron chi connectivity index (χ4n) is 5.06. The molecule has 2 aliphatic heterocycles. The standard InChI is InChI=1S/C27H36FN3O5/c1-21(32)31-15-14-29(18-27(34,19-31)20-36-25-5-3-4-22(28)16-25)17-26(33)10-12-30(13-11-26)23-6-8-24(35-2)9-7-23/h3-9,16,33-34H,10-15,17-20H2,1-2H3. The highest BCUT2D eigenvalue weighted by Crippen LogP contribution is 2.29. The molecule has 2 heterocycles. The Morgan fingerprint density at radius 2 is 1.69 bits per heavy atom. The molecule has 36 heavy (non-hydrogen) atoms. The number of anilines is 1. The molecule has 1 unspecified atom stereocenters.